The zero-order valence-corrected chi connectivity index (χ0v) is 7.87. The number of rotatable bonds is 1. The minimum atomic E-state index is 0.212. The highest BCUT2D eigenvalue weighted by Crippen LogP contribution is 2.19. The maximum Gasteiger partial charge on any atom is 0.146 e. The van der Waals surface area contributed by atoms with E-state index < -0.39 is 0 Å². The van der Waals surface area contributed by atoms with E-state index in [0.717, 1.165) is 11.8 Å². The van der Waals surface area contributed by atoms with Gasteiger partial charge in [-0.1, -0.05) is 11.8 Å². The number of carbonyl (C=O) groups excluding carboxylic acids is 1. The molecule has 0 saturated heterocycles. The third-order valence-electron chi connectivity index (χ3n) is 1.83. The number of nitrogen functional groups attached to an aromatic ring is 2. The van der Waals surface area contributed by atoms with Crippen molar-refractivity contribution in [2.45, 2.75) is 13.3 Å². The molecule has 1 heterocycles. The highest BCUT2D eigenvalue weighted by atomic mass is 16.1. The van der Waals surface area contributed by atoms with E-state index in [9.17, 15) is 4.79 Å². The van der Waals surface area contributed by atoms with Gasteiger partial charge in [0.2, 0.25) is 0 Å². The number of aromatic nitrogens is 1. The molecule has 0 radical (unpaired) electrons. The number of nitrogens with zero attached hydrogens (tertiary/aromatic N) is 1. The van der Waals surface area contributed by atoms with Gasteiger partial charge < -0.3 is 16.3 Å². The van der Waals surface area contributed by atoms with Crippen LogP contribution in [-0.2, 0) is 4.79 Å². The minimum absolute atomic E-state index is 0.212. The van der Waals surface area contributed by atoms with E-state index in [-0.39, 0.29) is 6.42 Å². The van der Waals surface area contributed by atoms with Crippen LogP contribution in [0.4, 0.5) is 11.5 Å². The molecule has 0 aliphatic heterocycles. The summed E-state index contributed by atoms with van der Waals surface area (Å²) < 4.78 is 0. The number of pyridine rings is 1. The molecule has 0 atom stereocenters. The summed E-state index contributed by atoms with van der Waals surface area (Å²) in [4.78, 5) is 13.9. The number of hydrogen-bond acceptors (Lipinski definition) is 4. The van der Waals surface area contributed by atoms with E-state index in [1.54, 1.807) is 6.20 Å². The molecular formula is C10H11N3O. The van der Waals surface area contributed by atoms with Gasteiger partial charge in [-0.05, 0) is 12.5 Å². The van der Waals surface area contributed by atoms with Gasteiger partial charge in [0, 0.05) is 11.8 Å². The monoisotopic (exact) mass is 189 g/mol. The first-order valence-electron chi connectivity index (χ1n) is 4.10. The van der Waals surface area contributed by atoms with Crippen molar-refractivity contribution in [3.63, 3.8) is 0 Å². The molecule has 0 saturated carbocycles. The number of carbonyl (C=O) groups is 1. The summed E-state index contributed by atoms with van der Waals surface area (Å²) >= 11 is 0. The van der Waals surface area contributed by atoms with Gasteiger partial charge >= 0.3 is 0 Å². The van der Waals surface area contributed by atoms with Crippen molar-refractivity contribution in [3.05, 3.63) is 17.3 Å². The topological polar surface area (TPSA) is 82.0 Å². The highest BCUT2D eigenvalue weighted by molar-refractivity contribution is 5.67. The molecule has 1 aromatic heterocycles. The quantitative estimate of drug-likeness (QED) is 0.497. The summed E-state index contributed by atoms with van der Waals surface area (Å²) in [5, 5.41) is 0. The average Bonchev–Trinajstić information content (AvgIpc) is 2.18. The van der Waals surface area contributed by atoms with Crippen LogP contribution in [0.5, 0.6) is 0 Å². The molecule has 0 spiro atoms. The van der Waals surface area contributed by atoms with E-state index in [0.29, 0.717) is 17.1 Å². The van der Waals surface area contributed by atoms with Crippen molar-refractivity contribution in [2.75, 3.05) is 11.5 Å². The summed E-state index contributed by atoms with van der Waals surface area (Å²) in [6, 6.07) is 0. The fourth-order valence-corrected chi connectivity index (χ4v) is 0.952. The zero-order valence-electron chi connectivity index (χ0n) is 7.87. The predicted molar refractivity (Wildman–Crippen MR) is 55.4 cm³/mol. The van der Waals surface area contributed by atoms with Crippen LogP contribution in [0, 0.1) is 18.8 Å². The summed E-state index contributed by atoms with van der Waals surface area (Å²) in [5.41, 5.74) is 13.1. The number of nitrogens with two attached hydrogens (primary N) is 2. The summed E-state index contributed by atoms with van der Waals surface area (Å²) in [5.74, 6) is 5.80. The molecule has 0 aliphatic rings. The molecule has 1 aromatic rings. The van der Waals surface area contributed by atoms with Gasteiger partial charge in [-0.3, -0.25) is 0 Å². The van der Waals surface area contributed by atoms with Gasteiger partial charge in [0.15, 0.2) is 0 Å². The second kappa shape index (κ2) is 4.28. The Kier molecular flexibility index (Phi) is 3.08. The third kappa shape index (κ3) is 2.02. The summed E-state index contributed by atoms with van der Waals surface area (Å²) in [6.45, 7) is 1.82. The maximum atomic E-state index is 10.0. The first-order valence-corrected chi connectivity index (χ1v) is 4.10. The van der Waals surface area contributed by atoms with Crippen LogP contribution < -0.4 is 11.5 Å². The first kappa shape index (κ1) is 10.1. The van der Waals surface area contributed by atoms with Gasteiger partial charge in [-0.25, -0.2) is 4.98 Å². The fourth-order valence-electron chi connectivity index (χ4n) is 0.952. The molecule has 4 heteroatoms. The molecule has 72 valence electrons. The largest absolute Gasteiger partial charge is 0.395 e. The molecule has 0 fully saturated rings. The Balaban J connectivity index is 3.07. The Morgan fingerprint density at radius 3 is 2.93 bits per heavy atom. The second-order valence-corrected chi connectivity index (χ2v) is 2.77. The van der Waals surface area contributed by atoms with Crippen molar-refractivity contribution in [1.29, 1.82) is 0 Å². The summed E-state index contributed by atoms with van der Waals surface area (Å²) in [6.07, 6.45) is 2.51. The molecule has 14 heavy (non-hydrogen) atoms. The zero-order chi connectivity index (χ0) is 10.6. The number of aldehydes is 1. The minimum Gasteiger partial charge on any atom is -0.395 e. The van der Waals surface area contributed by atoms with Crippen LogP contribution in [-0.4, -0.2) is 11.3 Å². The van der Waals surface area contributed by atoms with Crippen LogP contribution >= 0.6 is 0 Å². The Morgan fingerprint density at radius 1 is 1.57 bits per heavy atom. The van der Waals surface area contributed by atoms with Gasteiger partial charge in [0.05, 0.1) is 12.1 Å². The van der Waals surface area contributed by atoms with Crippen molar-refractivity contribution in [3.8, 4) is 11.8 Å². The second-order valence-electron chi connectivity index (χ2n) is 2.77. The standard InChI is InChI=1S/C10H11N3O/c1-7-8(4-2-3-5-14)6-13-10(12)9(7)11/h5-6H,3,11H2,1H3,(H2,12,13). The number of anilines is 2. The van der Waals surface area contributed by atoms with Crippen LogP contribution in [0.15, 0.2) is 6.20 Å². The van der Waals surface area contributed by atoms with E-state index in [1.165, 1.54) is 0 Å². The Morgan fingerprint density at radius 2 is 2.29 bits per heavy atom. The molecule has 0 amide bonds. The third-order valence-corrected chi connectivity index (χ3v) is 1.83. The van der Waals surface area contributed by atoms with Crippen molar-refractivity contribution >= 4 is 17.8 Å². The lowest BCUT2D eigenvalue weighted by Gasteiger charge is -2.04. The lowest BCUT2D eigenvalue weighted by molar-refractivity contribution is -0.107. The fraction of sp³-hybridized carbons (Fsp3) is 0.200. The lowest BCUT2D eigenvalue weighted by Crippen LogP contribution is -2.01. The average molecular weight is 189 g/mol. The summed E-state index contributed by atoms with van der Waals surface area (Å²) in [7, 11) is 0. The molecule has 0 aromatic carbocycles. The SMILES string of the molecule is Cc1c(C#CCC=O)cnc(N)c1N. The van der Waals surface area contributed by atoms with Crippen LogP contribution in [0.2, 0.25) is 0 Å². The van der Waals surface area contributed by atoms with Crippen LogP contribution in [0.3, 0.4) is 0 Å². The molecular weight excluding hydrogens is 178 g/mol. The Labute approximate surface area is 82.3 Å². The lowest BCUT2D eigenvalue weighted by atomic mass is 10.1. The highest BCUT2D eigenvalue weighted by Gasteiger charge is 2.03. The van der Waals surface area contributed by atoms with Crippen molar-refractivity contribution in [1.82, 2.24) is 4.98 Å². The molecule has 4 N–H and O–H groups in total. The first-order chi connectivity index (χ1) is 6.66. The van der Waals surface area contributed by atoms with Crippen LogP contribution in [0.1, 0.15) is 17.5 Å². The van der Waals surface area contributed by atoms with Crippen molar-refractivity contribution < 1.29 is 4.79 Å². The molecule has 0 aliphatic carbocycles. The van der Waals surface area contributed by atoms with Crippen LogP contribution in [0.25, 0.3) is 0 Å². The molecule has 0 bridgehead atoms. The van der Waals surface area contributed by atoms with Gasteiger partial charge in [0.1, 0.15) is 12.1 Å². The predicted octanol–water partition coefficient (Wildman–Crippen LogP) is 0.495. The molecule has 4 nitrogen and oxygen atoms in total. The molecule has 1 rings (SSSR count). The smallest absolute Gasteiger partial charge is 0.146 e. The van der Waals surface area contributed by atoms with E-state index in [2.05, 4.69) is 16.8 Å². The Bertz CT molecular complexity index is 415. The van der Waals surface area contributed by atoms with E-state index in [4.69, 9.17) is 11.5 Å². The van der Waals surface area contributed by atoms with Crippen molar-refractivity contribution in [2.24, 2.45) is 0 Å². The Hall–Kier alpha value is -2.02. The maximum absolute atomic E-state index is 10.0. The van der Waals surface area contributed by atoms with E-state index >= 15 is 0 Å². The van der Waals surface area contributed by atoms with E-state index in [1.807, 2.05) is 6.92 Å². The number of hydrogen-bond donors (Lipinski definition) is 2. The normalized spacial score (nSPS) is 8.93. The van der Waals surface area contributed by atoms with Gasteiger partial charge in [-0.2, -0.15) is 0 Å². The van der Waals surface area contributed by atoms with Gasteiger partial charge in [0.25, 0.3) is 0 Å². The van der Waals surface area contributed by atoms with Gasteiger partial charge in [-0.15, -0.1) is 0 Å². The molecule has 0 unspecified atom stereocenters.